The number of carbonyl (C=O) groups excluding carboxylic acids is 2. The van der Waals surface area contributed by atoms with Gasteiger partial charge in [0.15, 0.2) is 0 Å². The predicted octanol–water partition coefficient (Wildman–Crippen LogP) is -6.61. The fraction of sp³-hybridized carbons (Fsp3) is 0.833. The number of carboxylic acids is 2. The van der Waals surface area contributed by atoms with E-state index >= 15 is 0 Å². The van der Waals surface area contributed by atoms with Crippen LogP contribution in [0.5, 0.6) is 0 Å². The first kappa shape index (κ1) is 23.9. The van der Waals surface area contributed by atoms with E-state index in [0.717, 1.165) is 25.7 Å². The van der Waals surface area contributed by atoms with Gasteiger partial charge in [-0.2, -0.15) is 25.3 Å². The number of carbonyl (C=O) groups is 2. The molecular formula is C12H18Na2O4S2. The molecule has 0 radical (unpaired) electrons. The summed E-state index contributed by atoms with van der Waals surface area (Å²) in [5, 5.41) is 20.5. The molecule has 0 heterocycles. The Balaban J connectivity index is 0. The Morgan fingerprint density at radius 3 is 1.15 bits per heavy atom. The maximum atomic E-state index is 10.3. The summed E-state index contributed by atoms with van der Waals surface area (Å²) < 4.78 is 0. The third-order valence-electron chi connectivity index (χ3n) is 3.38. The molecular weight excluding hydrogens is 318 g/mol. The van der Waals surface area contributed by atoms with Crippen molar-refractivity contribution in [2.24, 2.45) is 23.7 Å². The Hall–Kier alpha value is 1.64. The monoisotopic (exact) mass is 336 g/mol. The average molecular weight is 336 g/mol. The molecule has 0 bridgehead atoms. The van der Waals surface area contributed by atoms with Crippen LogP contribution in [0, 0.1) is 23.7 Å². The van der Waals surface area contributed by atoms with Crippen LogP contribution in [0.25, 0.3) is 0 Å². The van der Waals surface area contributed by atoms with Crippen LogP contribution in [0.1, 0.15) is 25.7 Å². The summed E-state index contributed by atoms with van der Waals surface area (Å²) in [5.74, 6) is -0.887. The van der Waals surface area contributed by atoms with Crippen molar-refractivity contribution in [3.63, 3.8) is 0 Å². The third-order valence-corrected chi connectivity index (χ3v) is 4.17. The van der Waals surface area contributed by atoms with E-state index < -0.39 is 11.9 Å². The minimum Gasteiger partial charge on any atom is -0.550 e. The molecule has 0 aromatic rings. The van der Waals surface area contributed by atoms with E-state index in [9.17, 15) is 19.8 Å². The van der Waals surface area contributed by atoms with Gasteiger partial charge in [0.1, 0.15) is 0 Å². The van der Waals surface area contributed by atoms with Gasteiger partial charge in [-0.25, -0.2) is 0 Å². The summed E-state index contributed by atoms with van der Waals surface area (Å²) in [6, 6.07) is 0. The summed E-state index contributed by atoms with van der Waals surface area (Å²) in [5.41, 5.74) is 0. The number of hydrogen-bond donors (Lipinski definition) is 2. The van der Waals surface area contributed by atoms with Crippen LogP contribution < -0.4 is 69.3 Å². The van der Waals surface area contributed by atoms with Crippen LogP contribution in [0.3, 0.4) is 0 Å². The van der Waals surface area contributed by atoms with Crippen LogP contribution in [0.15, 0.2) is 0 Å². The van der Waals surface area contributed by atoms with Gasteiger partial charge in [-0.3, -0.25) is 0 Å². The molecule has 2 unspecified atom stereocenters. The summed E-state index contributed by atoms with van der Waals surface area (Å²) in [6.45, 7) is 0. The topological polar surface area (TPSA) is 80.3 Å². The standard InChI is InChI=1S/2C6H10O2S.2Na/c2*7-6(8)5(3-9)4-1-2-4;;/h2*4-5,9H,1-3H2,(H,7,8);;/q;;2*+1/p-2. The number of thiol groups is 2. The van der Waals surface area contributed by atoms with E-state index in [2.05, 4.69) is 25.3 Å². The van der Waals surface area contributed by atoms with Gasteiger partial charge in [0.05, 0.1) is 0 Å². The first-order valence-corrected chi connectivity index (χ1v) is 7.41. The molecule has 4 nitrogen and oxygen atoms in total. The summed E-state index contributed by atoms with van der Waals surface area (Å²) in [4.78, 5) is 20.5. The van der Waals surface area contributed by atoms with Crippen molar-refractivity contribution >= 4 is 37.2 Å². The number of hydrogen-bond acceptors (Lipinski definition) is 6. The molecule has 0 aromatic carbocycles. The van der Waals surface area contributed by atoms with Gasteiger partial charge in [-0.1, -0.05) is 0 Å². The van der Waals surface area contributed by atoms with E-state index in [1.807, 2.05) is 0 Å². The van der Waals surface area contributed by atoms with Crippen molar-refractivity contribution in [3.05, 3.63) is 0 Å². The Labute approximate surface area is 175 Å². The van der Waals surface area contributed by atoms with Crippen LogP contribution >= 0.6 is 25.3 Å². The Morgan fingerprint density at radius 1 is 0.850 bits per heavy atom. The van der Waals surface area contributed by atoms with Crippen molar-refractivity contribution in [2.75, 3.05) is 11.5 Å². The molecule has 0 saturated heterocycles. The van der Waals surface area contributed by atoms with E-state index in [1.165, 1.54) is 0 Å². The zero-order chi connectivity index (χ0) is 13.7. The van der Waals surface area contributed by atoms with E-state index in [-0.39, 0.29) is 71.0 Å². The maximum Gasteiger partial charge on any atom is 1.00 e. The summed E-state index contributed by atoms with van der Waals surface area (Å²) in [7, 11) is 0. The van der Waals surface area contributed by atoms with Crippen LogP contribution in [-0.2, 0) is 9.59 Å². The van der Waals surface area contributed by atoms with Crippen molar-refractivity contribution in [1.29, 1.82) is 0 Å². The third kappa shape index (κ3) is 8.93. The zero-order valence-corrected chi connectivity index (χ0v) is 17.9. The average Bonchev–Trinajstić information content (AvgIpc) is 3.14. The minimum absolute atomic E-state index is 0. The predicted molar refractivity (Wildman–Crippen MR) is 70.1 cm³/mol. The normalized spacial score (nSPS) is 19.3. The van der Waals surface area contributed by atoms with Gasteiger partial charge in [0, 0.05) is 23.8 Å². The maximum absolute atomic E-state index is 10.3. The molecule has 2 saturated carbocycles. The van der Waals surface area contributed by atoms with Crippen molar-refractivity contribution < 1.29 is 78.9 Å². The largest absolute Gasteiger partial charge is 1.00 e. The molecule has 8 heteroatoms. The molecule has 0 N–H and O–H groups in total. The Kier molecular flexibility index (Phi) is 14.5. The second-order valence-corrected chi connectivity index (χ2v) is 5.62. The molecule has 104 valence electrons. The zero-order valence-electron chi connectivity index (χ0n) is 12.1. The second-order valence-electron chi connectivity index (χ2n) is 4.89. The van der Waals surface area contributed by atoms with Gasteiger partial charge >= 0.3 is 59.1 Å². The van der Waals surface area contributed by atoms with Gasteiger partial charge in [-0.05, 0) is 49.0 Å². The molecule has 2 rings (SSSR count). The molecule has 2 fully saturated rings. The molecule has 2 aliphatic carbocycles. The van der Waals surface area contributed by atoms with Gasteiger partial charge in [-0.15, -0.1) is 0 Å². The molecule has 0 amide bonds. The Morgan fingerprint density at radius 2 is 1.10 bits per heavy atom. The number of carboxylic acid groups (broad SMARTS) is 2. The molecule has 2 atom stereocenters. The number of rotatable bonds is 6. The Bertz CT molecular complexity index is 280. The molecule has 0 aromatic heterocycles. The molecule has 20 heavy (non-hydrogen) atoms. The van der Waals surface area contributed by atoms with E-state index in [4.69, 9.17) is 0 Å². The number of aliphatic carboxylic acids is 2. The van der Waals surface area contributed by atoms with Gasteiger partial charge in [0.2, 0.25) is 0 Å². The first-order valence-electron chi connectivity index (χ1n) is 6.14. The summed E-state index contributed by atoms with van der Waals surface area (Å²) in [6.07, 6.45) is 4.16. The summed E-state index contributed by atoms with van der Waals surface area (Å²) >= 11 is 7.83. The minimum atomic E-state index is -0.937. The van der Waals surface area contributed by atoms with Crippen molar-refractivity contribution in [1.82, 2.24) is 0 Å². The molecule has 0 spiro atoms. The van der Waals surface area contributed by atoms with E-state index in [0.29, 0.717) is 23.3 Å². The van der Waals surface area contributed by atoms with Crippen molar-refractivity contribution in [2.45, 2.75) is 25.7 Å². The smallest absolute Gasteiger partial charge is 0.550 e. The van der Waals surface area contributed by atoms with Gasteiger partial charge < -0.3 is 19.8 Å². The van der Waals surface area contributed by atoms with Crippen molar-refractivity contribution in [3.8, 4) is 0 Å². The fourth-order valence-corrected chi connectivity index (χ4v) is 2.72. The molecule has 0 aliphatic heterocycles. The molecule has 2 aliphatic rings. The van der Waals surface area contributed by atoms with Crippen LogP contribution in [-0.4, -0.2) is 23.4 Å². The van der Waals surface area contributed by atoms with Crippen LogP contribution in [0.4, 0.5) is 0 Å². The SMILES string of the molecule is O=C([O-])C(CS)C1CC1.O=C([O-])C(CS)C1CC1.[Na+].[Na+]. The van der Waals surface area contributed by atoms with Crippen LogP contribution in [0.2, 0.25) is 0 Å². The second kappa shape index (κ2) is 12.1. The van der Waals surface area contributed by atoms with E-state index in [1.54, 1.807) is 0 Å². The fourth-order valence-electron chi connectivity index (χ4n) is 1.83. The van der Waals surface area contributed by atoms with Gasteiger partial charge in [0.25, 0.3) is 0 Å². The quantitative estimate of drug-likeness (QED) is 0.373. The first-order chi connectivity index (χ1) is 8.51.